The van der Waals surface area contributed by atoms with E-state index in [9.17, 15) is 0 Å². The van der Waals surface area contributed by atoms with Gasteiger partial charge in [-0.05, 0) is 18.1 Å². The number of pyridine rings is 1. The van der Waals surface area contributed by atoms with Gasteiger partial charge in [0.15, 0.2) is 0 Å². The molecule has 1 N–H and O–H groups in total. The summed E-state index contributed by atoms with van der Waals surface area (Å²) in [6.45, 7) is 6.69. The van der Waals surface area contributed by atoms with Crippen LogP contribution in [0.3, 0.4) is 0 Å². The van der Waals surface area contributed by atoms with E-state index in [2.05, 4.69) is 35.1 Å². The Kier molecular flexibility index (Phi) is 6.61. The SMILES string of the molecule is CNc1ccc(Cl)c(CN(CCC#N)CC(C)C)n1. The highest BCUT2D eigenvalue weighted by molar-refractivity contribution is 6.31. The second kappa shape index (κ2) is 7.98. The molecule has 0 spiro atoms. The molecule has 1 heterocycles. The molecule has 0 aromatic carbocycles. The smallest absolute Gasteiger partial charge is 0.126 e. The summed E-state index contributed by atoms with van der Waals surface area (Å²) in [5.41, 5.74) is 0.854. The maximum Gasteiger partial charge on any atom is 0.126 e. The molecule has 19 heavy (non-hydrogen) atoms. The van der Waals surface area contributed by atoms with Gasteiger partial charge in [0, 0.05) is 33.1 Å². The highest BCUT2D eigenvalue weighted by Crippen LogP contribution is 2.19. The van der Waals surface area contributed by atoms with Gasteiger partial charge >= 0.3 is 0 Å². The number of hydrogen-bond acceptors (Lipinski definition) is 4. The lowest BCUT2D eigenvalue weighted by Gasteiger charge is -2.23. The predicted octanol–water partition coefficient (Wildman–Crippen LogP) is 3.15. The van der Waals surface area contributed by atoms with E-state index in [1.165, 1.54) is 0 Å². The first-order valence-electron chi connectivity index (χ1n) is 6.49. The van der Waals surface area contributed by atoms with Crippen LogP contribution in [-0.4, -0.2) is 30.0 Å². The molecule has 4 nitrogen and oxygen atoms in total. The molecule has 0 fully saturated rings. The molecule has 0 saturated carbocycles. The highest BCUT2D eigenvalue weighted by atomic mass is 35.5. The molecule has 0 aliphatic carbocycles. The number of nitriles is 1. The molecule has 5 heteroatoms. The van der Waals surface area contributed by atoms with Gasteiger partial charge in [0.2, 0.25) is 0 Å². The Morgan fingerprint density at radius 3 is 2.79 bits per heavy atom. The van der Waals surface area contributed by atoms with E-state index < -0.39 is 0 Å². The second-order valence-electron chi connectivity index (χ2n) is 4.91. The molecule has 0 aliphatic rings. The van der Waals surface area contributed by atoms with Crippen molar-refractivity contribution in [3.8, 4) is 6.07 Å². The topological polar surface area (TPSA) is 52.0 Å². The number of anilines is 1. The Morgan fingerprint density at radius 1 is 1.47 bits per heavy atom. The maximum absolute atomic E-state index is 8.72. The molecule has 0 unspecified atom stereocenters. The van der Waals surface area contributed by atoms with Gasteiger partial charge in [-0.2, -0.15) is 5.26 Å². The van der Waals surface area contributed by atoms with Gasteiger partial charge in [-0.1, -0.05) is 25.4 Å². The molecule has 0 radical (unpaired) electrons. The Balaban J connectivity index is 2.79. The van der Waals surface area contributed by atoms with Crippen LogP contribution >= 0.6 is 11.6 Å². The fraction of sp³-hybridized carbons (Fsp3) is 0.571. The van der Waals surface area contributed by atoms with E-state index in [4.69, 9.17) is 16.9 Å². The lowest BCUT2D eigenvalue weighted by molar-refractivity contribution is 0.239. The maximum atomic E-state index is 8.72. The Labute approximate surface area is 120 Å². The van der Waals surface area contributed by atoms with Crippen molar-refractivity contribution in [1.29, 1.82) is 5.26 Å². The average molecular weight is 281 g/mol. The molecule has 1 rings (SSSR count). The van der Waals surface area contributed by atoms with Crippen molar-refractivity contribution in [3.05, 3.63) is 22.8 Å². The minimum atomic E-state index is 0.524. The van der Waals surface area contributed by atoms with Gasteiger partial charge in [-0.25, -0.2) is 4.98 Å². The van der Waals surface area contributed by atoms with Crippen LogP contribution in [0, 0.1) is 17.2 Å². The molecule has 1 aromatic heterocycles. The van der Waals surface area contributed by atoms with Crippen molar-refractivity contribution in [1.82, 2.24) is 9.88 Å². The minimum absolute atomic E-state index is 0.524. The quantitative estimate of drug-likeness (QED) is 0.834. The summed E-state index contributed by atoms with van der Waals surface area (Å²) in [5, 5.41) is 12.4. The zero-order valence-corrected chi connectivity index (χ0v) is 12.5. The Hall–Kier alpha value is -1.31. The summed E-state index contributed by atoms with van der Waals surface area (Å²) in [7, 11) is 1.83. The van der Waals surface area contributed by atoms with Crippen LogP contribution in [0.4, 0.5) is 5.82 Å². The summed E-state index contributed by atoms with van der Waals surface area (Å²) in [5.74, 6) is 1.36. The van der Waals surface area contributed by atoms with Gasteiger partial charge in [0.1, 0.15) is 5.82 Å². The number of nitrogens with zero attached hydrogens (tertiary/aromatic N) is 3. The number of rotatable bonds is 7. The number of hydrogen-bond donors (Lipinski definition) is 1. The van der Waals surface area contributed by atoms with E-state index in [-0.39, 0.29) is 0 Å². The molecule has 0 bridgehead atoms. The molecule has 1 aromatic rings. The third kappa shape index (κ3) is 5.46. The zero-order chi connectivity index (χ0) is 14.3. The third-order valence-electron chi connectivity index (χ3n) is 2.71. The lowest BCUT2D eigenvalue weighted by Crippen LogP contribution is -2.29. The molecular weight excluding hydrogens is 260 g/mol. The van der Waals surface area contributed by atoms with Crippen LogP contribution < -0.4 is 5.32 Å². The first-order chi connectivity index (χ1) is 9.06. The van der Waals surface area contributed by atoms with E-state index in [0.717, 1.165) is 24.6 Å². The van der Waals surface area contributed by atoms with Crippen LogP contribution in [0.1, 0.15) is 26.0 Å². The summed E-state index contributed by atoms with van der Waals surface area (Å²) >= 11 is 6.19. The number of nitrogens with one attached hydrogen (secondary N) is 1. The van der Waals surface area contributed by atoms with Crippen LogP contribution in [0.15, 0.2) is 12.1 Å². The van der Waals surface area contributed by atoms with Gasteiger partial charge in [-0.3, -0.25) is 4.90 Å². The lowest BCUT2D eigenvalue weighted by atomic mass is 10.2. The molecule has 0 saturated heterocycles. The van der Waals surface area contributed by atoms with E-state index in [1.54, 1.807) is 0 Å². The number of aromatic nitrogens is 1. The van der Waals surface area contributed by atoms with E-state index in [1.807, 2.05) is 19.2 Å². The average Bonchev–Trinajstić information content (AvgIpc) is 2.37. The summed E-state index contributed by atoms with van der Waals surface area (Å²) in [6, 6.07) is 5.90. The largest absolute Gasteiger partial charge is 0.373 e. The van der Waals surface area contributed by atoms with E-state index >= 15 is 0 Å². The van der Waals surface area contributed by atoms with Crippen LogP contribution in [0.2, 0.25) is 5.02 Å². The van der Waals surface area contributed by atoms with Crippen molar-refractivity contribution < 1.29 is 0 Å². The van der Waals surface area contributed by atoms with Gasteiger partial charge < -0.3 is 5.32 Å². The predicted molar refractivity (Wildman–Crippen MR) is 79.1 cm³/mol. The summed E-state index contributed by atoms with van der Waals surface area (Å²) in [6.07, 6.45) is 0.524. The van der Waals surface area contributed by atoms with Crippen LogP contribution in [0.5, 0.6) is 0 Å². The normalized spacial score (nSPS) is 10.8. The summed E-state index contributed by atoms with van der Waals surface area (Å²) in [4.78, 5) is 6.70. The van der Waals surface area contributed by atoms with Crippen molar-refractivity contribution in [3.63, 3.8) is 0 Å². The first-order valence-corrected chi connectivity index (χ1v) is 6.87. The zero-order valence-electron chi connectivity index (χ0n) is 11.8. The van der Waals surface area contributed by atoms with Gasteiger partial charge in [-0.15, -0.1) is 0 Å². The number of halogens is 1. The third-order valence-corrected chi connectivity index (χ3v) is 3.06. The van der Waals surface area contributed by atoms with Crippen LogP contribution in [-0.2, 0) is 6.54 Å². The van der Waals surface area contributed by atoms with Crippen molar-refractivity contribution in [2.45, 2.75) is 26.8 Å². The van der Waals surface area contributed by atoms with E-state index in [0.29, 0.717) is 23.9 Å². The van der Waals surface area contributed by atoms with Crippen molar-refractivity contribution in [2.75, 3.05) is 25.5 Å². The van der Waals surface area contributed by atoms with Gasteiger partial charge in [0.25, 0.3) is 0 Å². The van der Waals surface area contributed by atoms with Crippen molar-refractivity contribution >= 4 is 17.4 Å². The minimum Gasteiger partial charge on any atom is -0.373 e. The molecule has 0 amide bonds. The van der Waals surface area contributed by atoms with Gasteiger partial charge in [0.05, 0.1) is 16.8 Å². The Morgan fingerprint density at radius 2 is 2.21 bits per heavy atom. The highest BCUT2D eigenvalue weighted by Gasteiger charge is 2.12. The standard InChI is InChI=1S/C14H21ClN4/c1-11(2)9-19(8-4-7-16)10-13-12(15)5-6-14(17-3)18-13/h5-6,11H,4,8-10H2,1-3H3,(H,17,18). The monoisotopic (exact) mass is 280 g/mol. The molecule has 104 valence electrons. The Bertz CT molecular complexity index is 440. The molecule has 0 aliphatic heterocycles. The fourth-order valence-corrected chi connectivity index (χ4v) is 2.07. The molecule has 0 atom stereocenters. The fourth-order valence-electron chi connectivity index (χ4n) is 1.91. The van der Waals surface area contributed by atoms with Crippen molar-refractivity contribution in [2.24, 2.45) is 5.92 Å². The van der Waals surface area contributed by atoms with Crippen LogP contribution in [0.25, 0.3) is 0 Å². The molecular formula is C14H21ClN4. The summed E-state index contributed by atoms with van der Waals surface area (Å²) < 4.78 is 0. The first kappa shape index (κ1) is 15.7. The second-order valence-corrected chi connectivity index (χ2v) is 5.32.